The summed E-state index contributed by atoms with van der Waals surface area (Å²) in [6.07, 6.45) is 10.2. The predicted molar refractivity (Wildman–Crippen MR) is 165 cm³/mol. The fourth-order valence-corrected chi connectivity index (χ4v) is 11.2. The number of thioether (sulfide) groups is 1. The molecule has 0 aromatic heterocycles. The Hall–Kier alpha value is -2.10. The van der Waals surface area contributed by atoms with Crippen molar-refractivity contribution in [2.45, 2.75) is 84.3 Å². The number of hydrogen-bond acceptors (Lipinski definition) is 6. The van der Waals surface area contributed by atoms with Crippen LogP contribution in [0.4, 0.5) is 0 Å². The maximum Gasteiger partial charge on any atom is 0.310 e. The molecule has 7 atom stereocenters. The fraction of sp³-hybridized carbons (Fsp3) is 0.594. The predicted octanol–water partition coefficient (Wildman–Crippen LogP) is 4.52. The number of nitrogens with zero attached hydrogens (tertiary/aromatic N) is 2. The lowest BCUT2D eigenvalue weighted by Crippen LogP contribution is -2.59. The number of fused-ring (bicyclic) bond motifs is 1. The Balaban J connectivity index is 1.56. The second-order valence-electron chi connectivity index (χ2n) is 11.8. The van der Waals surface area contributed by atoms with Gasteiger partial charge < -0.3 is 19.6 Å². The summed E-state index contributed by atoms with van der Waals surface area (Å²) in [5, 5.41) is 10.5. The lowest BCUT2D eigenvalue weighted by molar-refractivity contribution is -0.154. The minimum atomic E-state index is -0.788. The molecule has 3 aliphatic heterocycles. The van der Waals surface area contributed by atoms with Crippen LogP contribution in [0.25, 0.3) is 0 Å². The third kappa shape index (κ3) is 5.54. The Morgan fingerprint density at radius 2 is 1.93 bits per heavy atom. The Morgan fingerprint density at radius 1 is 1.20 bits per heavy atom. The van der Waals surface area contributed by atoms with E-state index in [0.717, 1.165) is 37.7 Å². The molecule has 1 aromatic rings. The van der Waals surface area contributed by atoms with Gasteiger partial charge in [0.05, 0.1) is 35.8 Å². The van der Waals surface area contributed by atoms with Crippen LogP contribution in [0.5, 0.6) is 0 Å². The molecule has 1 aliphatic carbocycles. The molecule has 4 aliphatic rings. The maximum atomic E-state index is 14.8. The van der Waals surface area contributed by atoms with E-state index in [4.69, 9.17) is 4.74 Å². The van der Waals surface area contributed by atoms with E-state index in [1.165, 1.54) is 0 Å². The topological polar surface area (TPSA) is 87.2 Å². The van der Waals surface area contributed by atoms with Crippen molar-refractivity contribution in [3.8, 4) is 0 Å². The normalized spacial score (nSPS) is 31.5. The molecule has 4 fully saturated rings. The number of hydrogen-bond donors (Lipinski definition) is 1. The minimum Gasteiger partial charge on any atom is -0.465 e. The first-order chi connectivity index (χ1) is 19.9. The SMILES string of the molecule is C=CCCOC(=O)[C@H]1[C@@H]2SC3(CC2Br)C(C(=O)N(CC=C)C2CCCCC2)N([C@@H](CO)Cc2ccccc2)C(=O)[C@H]13. The van der Waals surface area contributed by atoms with Gasteiger partial charge in [-0.2, -0.15) is 0 Å². The first kappa shape index (κ1) is 30.4. The highest BCUT2D eigenvalue weighted by Crippen LogP contribution is 2.68. The number of carbonyl (C=O) groups excluding carboxylic acids is 3. The molecule has 9 heteroatoms. The summed E-state index contributed by atoms with van der Waals surface area (Å²) >= 11 is 5.43. The molecule has 3 heterocycles. The number of aliphatic hydroxyl groups is 1. The molecule has 2 amide bonds. The van der Waals surface area contributed by atoms with Gasteiger partial charge in [0.25, 0.3) is 0 Å². The van der Waals surface area contributed by atoms with Gasteiger partial charge in [-0.15, -0.1) is 24.9 Å². The molecular weight excluding hydrogens is 604 g/mol. The zero-order chi connectivity index (χ0) is 29.1. The summed E-state index contributed by atoms with van der Waals surface area (Å²) < 4.78 is 4.86. The number of ether oxygens (including phenoxy) is 1. The molecule has 1 aromatic carbocycles. The molecule has 41 heavy (non-hydrogen) atoms. The number of carbonyl (C=O) groups is 3. The molecule has 1 saturated carbocycles. The van der Waals surface area contributed by atoms with Gasteiger partial charge in [0.15, 0.2) is 0 Å². The highest BCUT2D eigenvalue weighted by molar-refractivity contribution is 9.09. The van der Waals surface area contributed by atoms with E-state index in [1.54, 1.807) is 28.8 Å². The number of alkyl halides is 1. The zero-order valence-electron chi connectivity index (χ0n) is 23.5. The zero-order valence-corrected chi connectivity index (χ0v) is 25.9. The van der Waals surface area contributed by atoms with Crippen molar-refractivity contribution < 1.29 is 24.2 Å². The van der Waals surface area contributed by atoms with Crippen LogP contribution in [0.1, 0.15) is 50.5 Å². The number of halogens is 1. The summed E-state index contributed by atoms with van der Waals surface area (Å²) in [5.41, 5.74) is 0.978. The van der Waals surface area contributed by atoms with Crippen LogP contribution in [0, 0.1) is 11.8 Å². The molecule has 7 nitrogen and oxygen atoms in total. The second kappa shape index (κ2) is 13.0. The van der Waals surface area contributed by atoms with E-state index in [-0.39, 0.29) is 47.1 Å². The molecule has 3 saturated heterocycles. The van der Waals surface area contributed by atoms with Gasteiger partial charge in [-0.1, -0.05) is 77.7 Å². The van der Waals surface area contributed by atoms with Gasteiger partial charge in [0.2, 0.25) is 11.8 Å². The van der Waals surface area contributed by atoms with Crippen LogP contribution in [0.3, 0.4) is 0 Å². The smallest absolute Gasteiger partial charge is 0.310 e. The van der Waals surface area contributed by atoms with E-state index in [0.29, 0.717) is 25.8 Å². The summed E-state index contributed by atoms with van der Waals surface area (Å²) in [6, 6.07) is 8.45. The molecule has 222 valence electrons. The van der Waals surface area contributed by atoms with E-state index < -0.39 is 28.7 Å². The lowest BCUT2D eigenvalue weighted by atomic mass is 9.71. The fourth-order valence-electron chi connectivity index (χ4n) is 7.59. The van der Waals surface area contributed by atoms with Gasteiger partial charge in [0.1, 0.15) is 6.04 Å². The van der Waals surface area contributed by atoms with E-state index in [2.05, 4.69) is 29.1 Å². The van der Waals surface area contributed by atoms with Crippen LogP contribution >= 0.6 is 27.7 Å². The third-order valence-corrected chi connectivity index (χ3v) is 12.6. The molecule has 0 radical (unpaired) electrons. The minimum absolute atomic E-state index is 0.0343. The monoisotopic (exact) mass is 644 g/mol. The number of aliphatic hydroxyl groups excluding tert-OH is 1. The van der Waals surface area contributed by atoms with Crippen molar-refractivity contribution >= 4 is 45.5 Å². The van der Waals surface area contributed by atoms with Gasteiger partial charge in [0, 0.05) is 22.7 Å². The standard InChI is InChI=1S/C32H41BrN2O5S/c1-3-5-17-40-31(39)25-26-29(37)35(23(20-36)18-21-12-8-6-9-13-21)28(32(26)19-24(33)27(25)41-32)30(38)34(16-4-2)22-14-10-7-11-15-22/h3-4,6,8-9,12-13,22-28,36H,1-2,5,7,10-11,14-20H2/t23-,24?,25-,26+,27-,28?,32?/m1/s1. The molecule has 5 rings (SSSR count). The number of benzene rings is 1. The summed E-state index contributed by atoms with van der Waals surface area (Å²) in [6.45, 7) is 7.99. The van der Waals surface area contributed by atoms with Crippen molar-refractivity contribution in [1.29, 1.82) is 0 Å². The highest BCUT2D eigenvalue weighted by atomic mass is 79.9. The Labute approximate surface area is 255 Å². The maximum absolute atomic E-state index is 14.8. The molecule has 1 N–H and O–H groups in total. The molecule has 3 unspecified atom stereocenters. The molecular formula is C32H41BrN2O5S. The van der Waals surface area contributed by atoms with Crippen LogP contribution in [-0.4, -0.2) is 85.4 Å². The van der Waals surface area contributed by atoms with Crippen LogP contribution in [-0.2, 0) is 25.5 Å². The van der Waals surface area contributed by atoms with Crippen molar-refractivity contribution in [2.75, 3.05) is 19.8 Å². The van der Waals surface area contributed by atoms with Crippen LogP contribution in [0.2, 0.25) is 0 Å². The third-order valence-electron chi connectivity index (χ3n) is 9.34. The van der Waals surface area contributed by atoms with Crippen LogP contribution < -0.4 is 0 Å². The van der Waals surface area contributed by atoms with Gasteiger partial charge >= 0.3 is 5.97 Å². The van der Waals surface area contributed by atoms with Gasteiger partial charge in [-0.05, 0) is 37.7 Å². The lowest BCUT2D eigenvalue weighted by Gasteiger charge is -2.42. The first-order valence-electron chi connectivity index (χ1n) is 14.9. The number of rotatable bonds is 12. The van der Waals surface area contributed by atoms with Gasteiger partial charge in [-0.25, -0.2) is 0 Å². The Morgan fingerprint density at radius 3 is 2.59 bits per heavy atom. The van der Waals surface area contributed by atoms with E-state index in [1.807, 2.05) is 35.2 Å². The number of amides is 2. The highest BCUT2D eigenvalue weighted by Gasteiger charge is 2.76. The second-order valence-corrected chi connectivity index (χ2v) is 14.5. The quantitative estimate of drug-likeness (QED) is 0.156. The Kier molecular flexibility index (Phi) is 9.66. The Bertz CT molecular complexity index is 1140. The van der Waals surface area contributed by atoms with Crippen LogP contribution in [0.15, 0.2) is 55.6 Å². The van der Waals surface area contributed by atoms with E-state index in [9.17, 15) is 19.5 Å². The van der Waals surface area contributed by atoms with Gasteiger partial charge in [-0.3, -0.25) is 14.4 Å². The average molecular weight is 646 g/mol. The van der Waals surface area contributed by atoms with E-state index >= 15 is 0 Å². The summed E-state index contributed by atoms with van der Waals surface area (Å²) in [5.74, 6) is -2.04. The average Bonchev–Trinajstić information content (AvgIpc) is 3.58. The van der Waals surface area contributed by atoms with Crippen molar-refractivity contribution in [2.24, 2.45) is 11.8 Å². The summed E-state index contributed by atoms with van der Waals surface area (Å²) in [4.78, 5) is 46.5. The van der Waals surface area contributed by atoms with Crippen molar-refractivity contribution in [3.63, 3.8) is 0 Å². The molecule has 2 bridgehead atoms. The number of esters is 1. The van der Waals surface area contributed by atoms with Crippen molar-refractivity contribution in [3.05, 3.63) is 61.2 Å². The van der Waals surface area contributed by atoms with Crippen molar-refractivity contribution in [1.82, 2.24) is 9.80 Å². The largest absolute Gasteiger partial charge is 0.465 e. The first-order valence-corrected chi connectivity index (χ1v) is 16.6. The summed E-state index contributed by atoms with van der Waals surface area (Å²) in [7, 11) is 0. The number of likely N-dealkylation sites (tertiary alicyclic amines) is 1. The molecule has 1 spiro atoms.